The molecule has 0 aliphatic rings. The van der Waals surface area contributed by atoms with Crippen LogP contribution in [0.15, 0.2) is 76.6 Å². The van der Waals surface area contributed by atoms with Crippen molar-refractivity contribution >= 4 is 40.0 Å². The lowest BCUT2D eigenvalue weighted by Crippen LogP contribution is -2.26. The van der Waals surface area contributed by atoms with Crippen LogP contribution in [0.1, 0.15) is 16.1 Å². The van der Waals surface area contributed by atoms with Crippen LogP contribution in [-0.2, 0) is 5.75 Å². The highest BCUT2D eigenvalue weighted by atomic mass is 32.2. The lowest BCUT2D eigenvalue weighted by Gasteiger charge is -2.19. The molecular weight excluding hydrogens is 396 g/mol. The number of fused-ring (bicyclic) bond motifs is 1. The summed E-state index contributed by atoms with van der Waals surface area (Å²) < 4.78 is 6.00. The minimum absolute atomic E-state index is 0.187. The molecule has 4 rings (SSSR count). The Bertz CT molecular complexity index is 1160. The van der Waals surface area contributed by atoms with Crippen molar-refractivity contribution in [1.29, 1.82) is 0 Å². The fourth-order valence-electron chi connectivity index (χ4n) is 3.16. The molecule has 4 aromatic rings. The fourth-order valence-corrected chi connectivity index (χ4v) is 3.99. The molecule has 2 heterocycles. The number of carbonyl (C=O) groups is 1. The van der Waals surface area contributed by atoms with E-state index in [-0.39, 0.29) is 5.91 Å². The van der Waals surface area contributed by atoms with E-state index in [1.165, 1.54) is 11.8 Å². The van der Waals surface area contributed by atoms with Gasteiger partial charge in [-0.3, -0.25) is 4.79 Å². The van der Waals surface area contributed by atoms with E-state index in [1.807, 2.05) is 67.5 Å². The Hall–Kier alpha value is -3.32. The molecule has 0 aliphatic heterocycles. The Kier molecular flexibility index (Phi) is 5.72. The number of para-hydroxylation sites is 1. The van der Waals surface area contributed by atoms with Crippen molar-refractivity contribution in [2.45, 2.75) is 10.9 Å². The van der Waals surface area contributed by atoms with Gasteiger partial charge in [0.1, 0.15) is 5.58 Å². The summed E-state index contributed by atoms with van der Waals surface area (Å²) in [6, 6.07) is 17.3. The standard InChI is InChI=1S/C23H22N4O2S/c1-26(2)16-9-11-17(12-10-16)27(3)22(28)21-19(15-30-23-24-13-6-14-25-23)18-7-4-5-8-20(18)29-21/h4-14H,15H2,1-3H3. The van der Waals surface area contributed by atoms with Gasteiger partial charge >= 0.3 is 0 Å². The highest BCUT2D eigenvalue weighted by Gasteiger charge is 2.24. The van der Waals surface area contributed by atoms with E-state index in [1.54, 1.807) is 30.4 Å². The van der Waals surface area contributed by atoms with Crippen LogP contribution in [0, 0.1) is 0 Å². The van der Waals surface area contributed by atoms with E-state index in [2.05, 4.69) is 9.97 Å². The number of carbonyl (C=O) groups excluding carboxylic acids is 1. The number of furan rings is 1. The second-order valence-corrected chi connectivity index (χ2v) is 7.94. The summed E-state index contributed by atoms with van der Waals surface area (Å²) in [6.45, 7) is 0. The molecule has 0 aliphatic carbocycles. The Labute approximate surface area is 179 Å². The van der Waals surface area contributed by atoms with Crippen LogP contribution < -0.4 is 9.80 Å². The quantitative estimate of drug-likeness (QED) is 0.329. The van der Waals surface area contributed by atoms with Crippen LogP contribution >= 0.6 is 11.8 Å². The van der Waals surface area contributed by atoms with Crippen LogP contribution in [0.3, 0.4) is 0 Å². The van der Waals surface area contributed by atoms with E-state index in [0.717, 1.165) is 22.3 Å². The summed E-state index contributed by atoms with van der Waals surface area (Å²) in [5.74, 6) is 0.697. The van der Waals surface area contributed by atoms with Crippen molar-refractivity contribution in [3.8, 4) is 0 Å². The number of benzene rings is 2. The maximum absolute atomic E-state index is 13.3. The SMILES string of the molecule is CN(C)c1ccc(N(C)C(=O)c2oc3ccccc3c2CSc2ncccn2)cc1. The van der Waals surface area contributed by atoms with E-state index in [0.29, 0.717) is 22.3 Å². The number of anilines is 2. The van der Waals surface area contributed by atoms with Crippen molar-refractivity contribution in [1.82, 2.24) is 9.97 Å². The molecule has 0 fully saturated rings. The Morgan fingerprint density at radius 3 is 2.30 bits per heavy atom. The van der Waals surface area contributed by atoms with Crippen molar-refractivity contribution in [2.24, 2.45) is 0 Å². The van der Waals surface area contributed by atoms with Gasteiger partial charge in [-0.2, -0.15) is 0 Å². The van der Waals surface area contributed by atoms with Crippen molar-refractivity contribution in [2.75, 3.05) is 30.9 Å². The number of nitrogens with zero attached hydrogens (tertiary/aromatic N) is 4. The van der Waals surface area contributed by atoms with Gasteiger partial charge in [0.2, 0.25) is 0 Å². The van der Waals surface area contributed by atoms with Gasteiger partial charge in [-0.05, 0) is 36.4 Å². The first kappa shape index (κ1) is 20.0. The van der Waals surface area contributed by atoms with Gasteiger partial charge in [0.05, 0.1) is 0 Å². The smallest absolute Gasteiger partial charge is 0.294 e. The number of hydrogen-bond donors (Lipinski definition) is 0. The maximum atomic E-state index is 13.3. The number of thioether (sulfide) groups is 1. The molecule has 6 nitrogen and oxygen atoms in total. The summed E-state index contributed by atoms with van der Waals surface area (Å²) in [7, 11) is 5.73. The predicted octanol–water partition coefficient (Wildman–Crippen LogP) is 4.86. The molecule has 30 heavy (non-hydrogen) atoms. The molecule has 0 saturated heterocycles. The number of aromatic nitrogens is 2. The molecule has 0 radical (unpaired) electrons. The average molecular weight is 419 g/mol. The average Bonchev–Trinajstić information content (AvgIpc) is 3.16. The highest BCUT2D eigenvalue weighted by Crippen LogP contribution is 2.32. The summed E-state index contributed by atoms with van der Waals surface area (Å²) in [5, 5.41) is 1.59. The number of rotatable bonds is 6. The molecule has 0 atom stereocenters. The normalized spacial score (nSPS) is 10.9. The molecule has 0 N–H and O–H groups in total. The van der Waals surface area contributed by atoms with Crippen LogP contribution in [0.4, 0.5) is 11.4 Å². The summed E-state index contributed by atoms with van der Waals surface area (Å²) in [6.07, 6.45) is 3.42. The third-order valence-corrected chi connectivity index (χ3v) is 5.74. The Morgan fingerprint density at radius 1 is 0.933 bits per heavy atom. The molecule has 1 amide bonds. The van der Waals surface area contributed by atoms with Crippen LogP contribution in [0.25, 0.3) is 11.0 Å². The van der Waals surface area contributed by atoms with Gasteiger partial charge in [0.15, 0.2) is 10.9 Å². The van der Waals surface area contributed by atoms with E-state index in [4.69, 9.17) is 4.42 Å². The molecule has 0 unspecified atom stereocenters. The van der Waals surface area contributed by atoms with Gasteiger partial charge in [0, 0.05) is 61.6 Å². The van der Waals surface area contributed by atoms with E-state index in [9.17, 15) is 4.79 Å². The zero-order valence-corrected chi connectivity index (χ0v) is 17.9. The third-order valence-electron chi connectivity index (χ3n) is 4.84. The molecule has 152 valence electrons. The van der Waals surface area contributed by atoms with Gasteiger partial charge in [-0.15, -0.1) is 0 Å². The van der Waals surface area contributed by atoms with Crippen LogP contribution in [-0.4, -0.2) is 37.0 Å². The number of hydrogen-bond acceptors (Lipinski definition) is 6. The summed E-state index contributed by atoms with van der Waals surface area (Å²) >= 11 is 1.48. The second-order valence-electron chi connectivity index (χ2n) is 7.00. The highest BCUT2D eigenvalue weighted by molar-refractivity contribution is 7.98. The lowest BCUT2D eigenvalue weighted by molar-refractivity contribution is 0.0967. The van der Waals surface area contributed by atoms with Crippen LogP contribution in [0.5, 0.6) is 0 Å². The second kappa shape index (κ2) is 8.59. The van der Waals surface area contributed by atoms with E-state index >= 15 is 0 Å². The maximum Gasteiger partial charge on any atom is 0.294 e. The monoisotopic (exact) mass is 418 g/mol. The topological polar surface area (TPSA) is 62.5 Å². The first-order valence-electron chi connectivity index (χ1n) is 9.50. The van der Waals surface area contributed by atoms with Gasteiger partial charge < -0.3 is 14.2 Å². The van der Waals surface area contributed by atoms with Gasteiger partial charge in [-0.1, -0.05) is 30.0 Å². The molecular formula is C23H22N4O2S. The van der Waals surface area contributed by atoms with Crippen molar-refractivity contribution in [3.05, 3.63) is 78.3 Å². The minimum atomic E-state index is -0.187. The minimum Gasteiger partial charge on any atom is -0.451 e. The largest absolute Gasteiger partial charge is 0.451 e. The first-order chi connectivity index (χ1) is 14.5. The fraction of sp³-hybridized carbons (Fsp3) is 0.174. The van der Waals surface area contributed by atoms with Crippen molar-refractivity contribution < 1.29 is 9.21 Å². The predicted molar refractivity (Wildman–Crippen MR) is 121 cm³/mol. The zero-order chi connectivity index (χ0) is 21.1. The Balaban J connectivity index is 1.65. The Morgan fingerprint density at radius 2 is 1.60 bits per heavy atom. The molecule has 2 aromatic carbocycles. The summed E-state index contributed by atoms with van der Waals surface area (Å²) in [5.41, 5.74) is 3.42. The first-order valence-corrected chi connectivity index (χ1v) is 10.5. The summed E-state index contributed by atoms with van der Waals surface area (Å²) in [4.78, 5) is 25.5. The molecule has 0 bridgehead atoms. The van der Waals surface area contributed by atoms with Crippen molar-refractivity contribution in [3.63, 3.8) is 0 Å². The lowest BCUT2D eigenvalue weighted by atomic mass is 10.1. The third kappa shape index (κ3) is 4.02. The molecule has 0 saturated carbocycles. The van der Waals surface area contributed by atoms with Gasteiger partial charge in [0.25, 0.3) is 5.91 Å². The molecule has 7 heteroatoms. The van der Waals surface area contributed by atoms with E-state index < -0.39 is 0 Å². The number of amides is 1. The zero-order valence-electron chi connectivity index (χ0n) is 17.1. The van der Waals surface area contributed by atoms with Crippen LogP contribution in [0.2, 0.25) is 0 Å². The van der Waals surface area contributed by atoms with Gasteiger partial charge in [-0.25, -0.2) is 9.97 Å². The molecule has 0 spiro atoms. The molecule has 2 aromatic heterocycles.